The molecule has 0 aromatic carbocycles. The smallest absolute Gasteiger partial charge is 0.327 e. The number of rotatable bonds is 13. The highest BCUT2D eigenvalue weighted by Gasteiger charge is 2.41. The van der Waals surface area contributed by atoms with Crippen LogP contribution in [-0.4, -0.2) is 69.0 Å². The molecular formula is C9H20Cl2O8P2. The quantitative estimate of drug-likeness (QED) is 0.230. The normalized spacial score (nSPS) is 14.1. The van der Waals surface area contributed by atoms with Crippen molar-refractivity contribution in [2.45, 2.75) is 12.5 Å². The van der Waals surface area contributed by atoms with Gasteiger partial charge in [-0.15, -0.1) is 23.2 Å². The van der Waals surface area contributed by atoms with Gasteiger partial charge in [-0.3, -0.25) is 0 Å². The van der Waals surface area contributed by atoms with Gasteiger partial charge in [-0.05, 0) is 6.42 Å². The lowest BCUT2D eigenvalue weighted by Gasteiger charge is -2.38. The first-order valence-electron chi connectivity index (χ1n) is 5.88. The van der Waals surface area contributed by atoms with Crippen molar-refractivity contribution in [3.8, 4) is 0 Å². The van der Waals surface area contributed by atoms with E-state index in [1.165, 1.54) is 0 Å². The summed E-state index contributed by atoms with van der Waals surface area (Å²) in [5.41, 5.74) is -1.24. The Morgan fingerprint density at radius 3 is 1.81 bits per heavy atom. The Bertz CT molecular complexity index is 250. The van der Waals surface area contributed by atoms with E-state index in [0.29, 0.717) is 6.42 Å². The van der Waals surface area contributed by atoms with Crippen molar-refractivity contribution in [2.24, 2.45) is 5.41 Å². The maximum atomic E-state index is 9.67. The number of hydrogen-bond donors (Lipinski definition) is 5. The monoisotopic (exact) mass is 388 g/mol. The molecule has 0 heterocycles. The van der Waals surface area contributed by atoms with E-state index in [4.69, 9.17) is 56.6 Å². The van der Waals surface area contributed by atoms with E-state index in [9.17, 15) is 5.11 Å². The summed E-state index contributed by atoms with van der Waals surface area (Å²) in [6, 6.07) is 0. The van der Waals surface area contributed by atoms with Crippen LogP contribution in [0.25, 0.3) is 0 Å². The van der Waals surface area contributed by atoms with E-state index in [1.54, 1.807) is 0 Å². The SMILES string of the molecule is OCC(COP(O)O)(COP(O)O)C(CCCl)OCCCl. The lowest BCUT2D eigenvalue weighted by atomic mass is 9.83. The third-order valence-electron chi connectivity index (χ3n) is 2.70. The second-order valence-electron chi connectivity index (χ2n) is 4.10. The number of aliphatic hydroxyl groups is 1. The van der Waals surface area contributed by atoms with Crippen LogP contribution in [0.2, 0.25) is 0 Å². The number of aliphatic hydroxyl groups excluding tert-OH is 1. The first-order valence-corrected chi connectivity index (χ1v) is 9.27. The van der Waals surface area contributed by atoms with Crippen LogP contribution in [0.1, 0.15) is 6.42 Å². The standard InChI is InChI=1S/C9H20Cl2O8P2/c10-2-1-8(17-4-3-11)9(5-12,6-18-20(13)14)7-19-21(15)16/h8,12-16H,1-7H2. The lowest BCUT2D eigenvalue weighted by molar-refractivity contribution is -0.104. The average molecular weight is 389 g/mol. The van der Waals surface area contributed by atoms with Crippen molar-refractivity contribution in [1.29, 1.82) is 0 Å². The molecule has 0 aromatic heterocycles. The first kappa shape index (κ1) is 22.1. The molecule has 0 bridgehead atoms. The summed E-state index contributed by atoms with van der Waals surface area (Å²) in [7, 11) is -5.29. The first-order chi connectivity index (χ1) is 9.91. The molecule has 0 saturated heterocycles. The van der Waals surface area contributed by atoms with Gasteiger partial charge in [-0.25, -0.2) is 0 Å². The molecule has 8 nitrogen and oxygen atoms in total. The molecule has 0 amide bonds. The van der Waals surface area contributed by atoms with Crippen LogP contribution < -0.4 is 0 Å². The van der Waals surface area contributed by atoms with Crippen LogP contribution >= 0.6 is 40.4 Å². The molecule has 0 rings (SSSR count). The predicted molar refractivity (Wildman–Crippen MR) is 79.9 cm³/mol. The van der Waals surface area contributed by atoms with Crippen LogP contribution in [0, 0.1) is 5.41 Å². The molecule has 0 radical (unpaired) electrons. The van der Waals surface area contributed by atoms with Crippen molar-refractivity contribution in [3.63, 3.8) is 0 Å². The third kappa shape index (κ3) is 9.11. The zero-order chi connectivity index (χ0) is 16.3. The van der Waals surface area contributed by atoms with Gasteiger partial charge in [0.1, 0.15) is 0 Å². The van der Waals surface area contributed by atoms with E-state index in [0.717, 1.165) is 0 Å². The Balaban J connectivity index is 5.04. The van der Waals surface area contributed by atoms with E-state index in [-0.39, 0.29) is 31.6 Å². The molecular weight excluding hydrogens is 369 g/mol. The van der Waals surface area contributed by atoms with E-state index < -0.39 is 35.3 Å². The van der Waals surface area contributed by atoms with Crippen molar-refractivity contribution in [2.75, 3.05) is 38.2 Å². The summed E-state index contributed by atoms with van der Waals surface area (Å²) < 4.78 is 15.0. The number of ether oxygens (including phenoxy) is 1. The van der Waals surface area contributed by atoms with Gasteiger partial charge < -0.3 is 38.5 Å². The molecule has 1 unspecified atom stereocenters. The topological polar surface area (TPSA) is 129 Å². The highest BCUT2D eigenvalue weighted by Crippen LogP contribution is 2.37. The molecule has 0 fully saturated rings. The Morgan fingerprint density at radius 1 is 0.952 bits per heavy atom. The van der Waals surface area contributed by atoms with E-state index in [2.05, 4.69) is 0 Å². The Hall–Kier alpha value is 1.12. The zero-order valence-electron chi connectivity index (χ0n) is 11.1. The molecule has 5 N–H and O–H groups in total. The van der Waals surface area contributed by atoms with Gasteiger partial charge in [0.05, 0.1) is 37.9 Å². The Labute approximate surface area is 135 Å². The van der Waals surface area contributed by atoms with Crippen LogP contribution in [0.15, 0.2) is 0 Å². The van der Waals surface area contributed by atoms with Gasteiger partial charge in [0.15, 0.2) is 0 Å². The van der Waals surface area contributed by atoms with Crippen molar-refractivity contribution < 1.29 is 38.5 Å². The van der Waals surface area contributed by atoms with Gasteiger partial charge in [0.2, 0.25) is 0 Å². The van der Waals surface area contributed by atoms with Gasteiger partial charge in [0, 0.05) is 11.8 Å². The van der Waals surface area contributed by atoms with E-state index in [1.807, 2.05) is 0 Å². The molecule has 128 valence electrons. The average Bonchev–Trinajstić information content (AvgIpc) is 2.44. The van der Waals surface area contributed by atoms with Crippen molar-refractivity contribution >= 4 is 40.4 Å². The summed E-state index contributed by atoms with van der Waals surface area (Å²) in [6.45, 7) is -0.988. The summed E-state index contributed by atoms with van der Waals surface area (Å²) in [4.78, 5) is 35.5. The highest BCUT2D eigenvalue weighted by atomic mass is 35.5. The maximum Gasteiger partial charge on any atom is 0.327 e. The summed E-state index contributed by atoms with van der Waals surface area (Å²) in [5, 5.41) is 9.67. The fourth-order valence-electron chi connectivity index (χ4n) is 1.65. The molecule has 0 spiro atoms. The number of halogens is 2. The summed E-state index contributed by atoms with van der Waals surface area (Å²) in [6.07, 6.45) is -0.376. The minimum absolute atomic E-state index is 0.172. The highest BCUT2D eigenvalue weighted by molar-refractivity contribution is 7.39. The fourth-order valence-corrected chi connectivity index (χ4v) is 2.68. The van der Waals surface area contributed by atoms with Gasteiger partial charge in [0.25, 0.3) is 0 Å². The summed E-state index contributed by atoms with van der Waals surface area (Å²) >= 11 is 11.3. The predicted octanol–water partition coefficient (Wildman–Crippen LogP) is 0.674. The minimum Gasteiger partial charge on any atom is -0.396 e. The van der Waals surface area contributed by atoms with Crippen LogP contribution in [0.4, 0.5) is 0 Å². The van der Waals surface area contributed by atoms with Gasteiger partial charge in [-0.2, -0.15) is 0 Å². The molecule has 1 atom stereocenters. The van der Waals surface area contributed by atoms with Crippen LogP contribution in [0.3, 0.4) is 0 Å². The molecule has 21 heavy (non-hydrogen) atoms. The maximum absolute atomic E-state index is 9.67. The number of alkyl halides is 2. The molecule has 0 aliphatic rings. The molecule has 0 aliphatic heterocycles. The second-order valence-corrected chi connectivity index (χ2v) is 6.38. The second kappa shape index (κ2) is 12.5. The number of hydrogen-bond acceptors (Lipinski definition) is 8. The van der Waals surface area contributed by atoms with Gasteiger partial charge >= 0.3 is 17.2 Å². The third-order valence-corrected chi connectivity index (χ3v) is 3.79. The minimum atomic E-state index is -2.64. The Morgan fingerprint density at radius 2 is 1.48 bits per heavy atom. The summed E-state index contributed by atoms with van der Waals surface area (Å²) in [5.74, 6) is 0.413. The molecule has 0 aliphatic carbocycles. The van der Waals surface area contributed by atoms with Crippen LogP contribution in [-0.2, 0) is 13.8 Å². The van der Waals surface area contributed by atoms with Crippen LogP contribution in [0.5, 0.6) is 0 Å². The molecule has 12 heteroatoms. The molecule has 0 aromatic rings. The van der Waals surface area contributed by atoms with E-state index >= 15 is 0 Å². The zero-order valence-corrected chi connectivity index (χ0v) is 14.4. The molecule has 0 saturated carbocycles. The Kier molecular flexibility index (Phi) is 13.2. The van der Waals surface area contributed by atoms with Gasteiger partial charge in [-0.1, -0.05) is 0 Å². The van der Waals surface area contributed by atoms with Crippen molar-refractivity contribution in [3.05, 3.63) is 0 Å². The van der Waals surface area contributed by atoms with Crippen molar-refractivity contribution in [1.82, 2.24) is 0 Å². The largest absolute Gasteiger partial charge is 0.396 e. The lowest BCUT2D eigenvalue weighted by Crippen LogP contribution is -2.48. The fraction of sp³-hybridized carbons (Fsp3) is 1.00.